The fraction of sp³-hybridized carbons (Fsp3) is 0.368. The van der Waals surface area contributed by atoms with Gasteiger partial charge in [0, 0.05) is 6.54 Å². The van der Waals surface area contributed by atoms with E-state index in [4.69, 9.17) is 4.74 Å². The molecule has 124 valence electrons. The number of likely N-dealkylation sites (N-methyl/N-ethyl adjacent to an activating group) is 1. The molecule has 0 aromatic heterocycles. The van der Waals surface area contributed by atoms with Gasteiger partial charge in [0.25, 0.3) is 0 Å². The van der Waals surface area contributed by atoms with Crippen LogP contribution in [0.2, 0.25) is 0 Å². The average Bonchev–Trinajstić information content (AvgIpc) is 2.52. The summed E-state index contributed by atoms with van der Waals surface area (Å²) in [4.78, 5) is 1.94. The third-order valence-electron chi connectivity index (χ3n) is 3.60. The number of phenolic OH excluding ortho intramolecular Hbond substituents is 1. The van der Waals surface area contributed by atoms with Crippen molar-refractivity contribution >= 4 is 0 Å². The number of hydrogen-bond donors (Lipinski definition) is 2. The number of rotatable bonds is 8. The number of benzene rings is 2. The van der Waals surface area contributed by atoms with E-state index >= 15 is 0 Å². The molecule has 23 heavy (non-hydrogen) atoms. The fourth-order valence-corrected chi connectivity index (χ4v) is 2.45. The Hall–Kier alpha value is -2.04. The molecule has 4 nitrogen and oxygen atoms in total. The van der Waals surface area contributed by atoms with Crippen LogP contribution in [0.25, 0.3) is 0 Å². The number of ether oxygens (including phenoxy) is 1. The van der Waals surface area contributed by atoms with Crippen LogP contribution in [-0.2, 0) is 12.8 Å². The standard InChI is InChI=1S/C19H25NO3/c1-20(2)13-18(22)14-23-19-6-4-3-5-16(19)10-7-15-8-11-17(21)12-9-15/h3-6,8-9,11-12,18,21-22H,7,10,13-14H2,1-2H3/t18-/m0/s1. The van der Waals surface area contributed by atoms with Gasteiger partial charge in [0.2, 0.25) is 0 Å². The molecule has 2 rings (SSSR count). The van der Waals surface area contributed by atoms with Gasteiger partial charge < -0.3 is 19.8 Å². The molecule has 0 saturated carbocycles. The van der Waals surface area contributed by atoms with E-state index < -0.39 is 6.10 Å². The molecule has 4 heteroatoms. The van der Waals surface area contributed by atoms with E-state index in [0.29, 0.717) is 6.54 Å². The molecule has 0 fully saturated rings. The third-order valence-corrected chi connectivity index (χ3v) is 3.60. The number of aliphatic hydroxyl groups is 1. The molecule has 0 bridgehead atoms. The molecule has 0 saturated heterocycles. The summed E-state index contributed by atoms with van der Waals surface area (Å²) < 4.78 is 5.79. The molecule has 0 heterocycles. The van der Waals surface area contributed by atoms with E-state index in [2.05, 4.69) is 0 Å². The van der Waals surface area contributed by atoms with Crippen molar-refractivity contribution < 1.29 is 14.9 Å². The van der Waals surface area contributed by atoms with Crippen LogP contribution in [0.15, 0.2) is 48.5 Å². The molecular formula is C19H25NO3. The Kier molecular flexibility index (Phi) is 6.44. The first-order chi connectivity index (χ1) is 11.0. The van der Waals surface area contributed by atoms with Gasteiger partial charge in [0.05, 0.1) is 0 Å². The first-order valence-electron chi connectivity index (χ1n) is 7.86. The molecule has 0 aliphatic carbocycles. The van der Waals surface area contributed by atoms with Crippen molar-refractivity contribution in [2.75, 3.05) is 27.2 Å². The molecule has 2 aromatic carbocycles. The van der Waals surface area contributed by atoms with Crippen molar-refractivity contribution in [3.8, 4) is 11.5 Å². The molecule has 2 aromatic rings. The lowest BCUT2D eigenvalue weighted by atomic mass is 10.0. The molecule has 0 aliphatic heterocycles. The summed E-state index contributed by atoms with van der Waals surface area (Å²) in [5.41, 5.74) is 2.29. The highest BCUT2D eigenvalue weighted by molar-refractivity contribution is 5.34. The van der Waals surface area contributed by atoms with Gasteiger partial charge in [0.1, 0.15) is 24.2 Å². The second kappa shape index (κ2) is 8.56. The summed E-state index contributed by atoms with van der Waals surface area (Å²) in [6.45, 7) is 0.865. The van der Waals surface area contributed by atoms with Crippen LogP contribution >= 0.6 is 0 Å². The summed E-state index contributed by atoms with van der Waals surface area (Å²) in [7, 11) is 3.85. The largest absolute Gasteiger partial charge is 0.508 e. The van der Waals surface area contributed by atoms with Gasteiger partial charge in [-0.05, 0) is 56.3 Å². The first-order valence-corrected chi connectivity index (χ1v) is 7.86. The van der Waals surface area contributed by atoms with Crippen LogP contribution in [0.3, 0.4) is 0 Å². The summed E-state index contributed by atoms with van der Waals surface area (Å²) in [5.74, 6) is 1.11. The van der Waals surface area contributed by atoms with Crippen LogP contribution in [0, 0.1) is 0 Å². The lowest BCUT2D eigenvalue weighted by molar-refractivity contribution is 0.0827. The molecule has 0 aliphatic rings. The van der Waals surface area contributed by atoms with Gasteiger partial charge in [-0.2, -0.15) is 0 Å². The number of aliphatic hydroxyl groups excluding tert-OH is 1. The zero-order valence-electron chi connectivity index (χ0n) is 13.8. The Morgan fingerprint density at radius 2 is 1.70 bits per heavy atom. The number of aromatic hydroxyl groups is 1. The van der Waals surface area contributed by atoms with Gasteiger partial charge in [0.15, 0.2) is 0 Å². The molecular weight excluding hydrogens is 290 g/mol. The average molecular weight is 315 g/mol. The summed E-state index contributed by atoms with van der Waals surface area (Å²) in [5, 5.41) is 19.2. The zero-order valence-corrected chi connectivity index (χ0v) is 13.8. The quantitative estimate of drug-likeness (QED) is 0.786. The van der Waals surface area contributed by atoms with E-state index in [1.807, 2.05) is 55.4 Å². The minimum absolute atomic E-state index is 0.285. The zero-order chi connectivity index (χ0) is 16.7. The predicted octanol–water partition coefficient (Wildman–Crippen LogP) is 2.48. The molecule has 0 amide bonds. The Bertz CT molecular complexity index is 596. The van der Waals surface area contributed by atoms with Crippen molar-refractivity contribution in [1.82, 2.24) is 4.90 Å². The third kappa shape index (κ3) is 5.93. The van der Waals surface area contributed by atoms with Crippen molar-refractivity contribution in [2.45, 2.75) is 18.9 Å². The van der Waals surface area contributed by atoms with Crippen LogP contribution in [0.4, 0.5) is 0 Å². The smallest absolute Gasteiger partial charge is 0.122 e. The number of hydrogen-bond acceptors (Lipinski definition) is 4. The van der Waals surface area contributed by atoms with E-state index in [1.54, 1.807) is 12.1 Å². The summed E-state index contributed by atoms with van der Waals surface area (Å²) in [6.07, 6.45) is 1.22. The van der Waals surface area contributed by atoms with E-state index in [1.165, 1.54) is 5.56 Å². The Morgan fingerprint density at radius 3 is 2.39 bits per heavy atom. The SMILES string of the molecule is CN(C)C[C@H](O)COc1ccccc1CCc1ccc(O)cc1. The first kappa shape index (κ1) is 17.3. The van der Waals surface area contributed by atoms with Gasteiger partial charge >= 0.3 is 0 Å². The Balaban J connectivity index is 1.93. The van der Waals surface area contributed by atoms with Crippen LogP contribution in [0.1, 0.15) is 11.1 Å². The van der Waals surface area contributed by atoms with Crippen LogP contribution in [-0.4, -0.2) is 48.5 Å². The van der Waals surface area contributed by atoms with E-state index in [0.717, 1.165) is 24.2 Å². The Morgan fingerprint density at radius 1 is 1.00 bits per heavy atom. The highest BCUT2D eigenvalue weighted by Gasteiger charge is 2.09. The number of aryl methyl sites for hydroxylation is 2. The maximum Gasteiger partial charge on any atom is 0.122 e. The molecule has 1 atom stereocenters. The second-order valence-corrected chi connectivity index (χ2v) is 6.00. The normalized spacial score (nSPS) is 12.3. The highest BCUT2D eigenvalue weighted by atomic mass is 16.5. The van der Waals surface area contributed by atoms with E-state index in [-0.39, 0.29) is 12.4 Å². The van der Waals surface area contributed by atoms with Crippen LogP contribution < -0.4 is 4.74 Å². The minimum Gasteiger partial charge on any atom is -0.508 e. The van der Waals surface area contributed by atoms with Gasteiger partial charge in [-0.25, -0.2) is 0 Å². The minimum atomic E-state index is -0.504. The number of phenols is 1. The second-order valence-electron chi connectivity index (χ2n) is 6.00. The van der Waals surface area contributed by atoms with Crippen molar-refractivity contribution in [2.24, 2.45) is 0 Å². The van der Waals surface area contributed by atoms with Gasteiger partial charge in [-0.3, -0.25) is 0 Å². The lowest BCUT2D eigenvalue weighted by Gasteiger charge is -2.18. The van der Waals surface area contributed by atoms with Crippen LogP contribution in [0.5, 0.6) is 11.5 Å². The predicted molar refractivity (Wildman–Crippen MR) is 92.0 cm³/mol. The molecule has 0 radical (unpaired) electrons. The van der Waals surface area contributed by atoms with Gasteiger partial charge in [-0.15, -0.1) is 0 Å². The number of nitrogens with zero attached hydrogens (tertiary/aromatic N) is 1. The topological polar surface area (TPSA) is 52.9 Å². The number of para-hydroxylation sites is 1. The summed E-state index contributed by atoms with van der Waals surface area (Å²) in [6, 6.07) is 15.2. The van der Waals surface area contributed by atoms with Crippen molar-refractivity contribution in [1.29, 1.82) is 0 Å². The fourth-order valence-electron chi connectivity index (χ4n) is 2.45. The molecule has 0 spiro atoms. The molecule has 0 unspecified atom stereocenters. The van der Waals surface area contributed by atoms with Gasteiger partial charge in [-0.1, -0.05) is 30.3 Å². The highest BCUT2D eigenvalue weighted by Crippen LogP contribution is 2.21. The summed E-state index contributed by atoms with van der Waals surface area (Å²) >= 11 is 0. The lowest BCUT2D eigenvalue weighted by Crippen LogP contribution is -2.30. The van der Waals surface area contributed by atoms with Crippen molar-refractivity contribution in [3.05, 3.63) is 59.7 Å². The van der Waals surface area contributed by atoms with Crippen molar-refractivity contribution in [3.63, 3.8) is 0 Å². The molecule has 2 N–H and O–H groups in total. The maximum atomic E-state index is 9.92. The monoisotopic (exact) mass is 315 g/mol. The van der Waals surface area contributed by atoms with E-state index in [9.17, 15) is 10.2 Å². The Labute approximate surface area is 138 Å². The maximum absolute atomic E-state index is 9.92.